The molecule has 0 saturated heterocycles. The maximum atomic E-state index is 13.9. The van der Waals surface area contributed by atoms with Crippen molar-refractivity contribution in [2.45, 2.75) is 70.4 Å². The van der Waals surface area contributed by atoms with E-state index in [-0.39, 0.29) is 52.6 Å². The van der Waals surface area contributed by atoms with Gasteiger partial charge < -0.3 is 14.8 Å². The molecule has 40 heavy (non-hydrogen) atoms. The van der Waals surface area contributed by atoms with Gasteiger partial charge in [-0.15, -0.1) is 0 Å². The van der Waals surface area contributed by atoms with Gasteiger partial charge in [0.2, 0.25) is 11.5 Å². The van der Waals surface area contributed by atoms with Gasteiger partial charge in [0.05, 0.1) is 24.5 Å². The van der Waals surface area contributed by atoms with Gasteiger partial charge in [-0.25, -0.2) is 13.2 Å². The van der Waals surface area contributed by atoms with Crippen LogP contribution in [-0.4, -0.2) is 61.2 Å². The average Bonchev–Trinajstić information content (AvgIpc) is 3.46. The first-order valence-electron chi connectivity index (χ1n) is 12.8. The number of hydrogen-bond acceptors (Lipinski definition) is 7. The second kappa shape index (κ2) is 10.5. The van der Waals surface area contributed by atoms with E-state index in [1.807, 2.05) is 13.8 Å². The smallest absolute Gasteiger partial charge is 0.427 e. The Balaban J connectivity index is 1.63. The lowest BCUT2D eigenvalue weighted by Crippen LogP contribution is -2.48. The lowest BCUT2D eigenvalue weighted by molar-refractivity contribution is -0.242. The van der Waals surface area contributed by atoms with Crippen molar-refractivity contribution in [2.75, 3.05) is 22.7 Å². The van der Waals surface area contributed by atoms with Crippen LogP contribution < -0.4 is 19.7 Å². The highest BCUT2D eigenvalue weighted by atomic mass is 32.2. The minimum atomic E-state index is -4.80. The molecular weight excluding hydrogens is 555 g/mol. The van der Waals surface area contributed by atoms with E-state index < -0.39 is 34.0 Å². The number of anilines is 2. The number of nitrogens with one attached hydrogen (secondary N) is 2. The van der Waals surface area contributed by atoms with E-state index in [0.29, 0.717) is 26.3 Å². The summed E-state index contributed by atoms with van der Waals surface area (Å²) >= 11 is 0. The van der Waals surface area contributed by atoms with E-state index in [1.165, 1.54) is 29.1 Å². The normalized spacial score (nSPS) is 20.8. The Morgan fingerprint density at radius 2 is 1.93 bits per heavy atom. The summed E-state index contributed by atoms with van der Waals surface area (Å²) in [5, 5.41) is 9.26. The van der Waals surface area contributed by atoms with E-state index in [1.54, 1.807) is 6.92 Å². The number of aryl methyl sites for hydroxylation is 2. The van der Waals surface area contributed by atoms with Gasteiger partial charge in [0.1, 0.15) is 16.7 Å². The molecule has 0 spiro atoms. The van der Waals surface area contributed by atoms with Gasteiger partial charge >= 0.3 is 12.3 Å². The zero-order valence-electron chi connectivity index (χ0n) is 22.7. The number of aromatic nitrogens is 2. The van der Waals surface area contributed by atoms with Crippen LogP contribution in [0.2, 0.25) is 0 Å². The fourth-order valence-corrected chi connectivity index (χ4v) is 5.89. The first kappa shape index (κ1) is 29.5. The van der Waals surface area contributed by atoms with Crippen LogP contribution in [0.15, 0.2) is 29.3 Å². The van der Waals surface area contributed by atoms with Gasteiger partial charge in [-0.2, -0.15) is 18.3 Å². The third kappa shape index (κ3) is 5.98. The number of amides is 2. The number of carbonyl (C=O) groups excluding carboxylic acids is 2. The number of rotatable bonds is 8. The van der Waals surface area contributed by atoms with Gasteiger partial charge in [-0.05, 0) is 58.2 Å². The highest BCUT2D eigenvalue weighted by molar-refractivity contribution is 7.92. The summed E-state index contributed by atoms with van der Waals surface area (Å²) in [6, 6.07) is 4.01. The van der Waals surface area contributed by atoms with E-state index in [4.69, 9.17) is 4.74 Å². The third-order valence-electron chi connectivity index (χ3n) is 6.91. The first-order chi connectivity index (χ1) is 18.5. The molecule has 1 aromatic heterocycles. The molecule has 0 bridgehead atoms. The summed E-state index contributed by atoms with van der Waals surface area (Å²) in [7, 11) is -4.21. The van der Waals surface area contributed by atoms with Crippen molar-refractivity contribution in [3.8, 4) is 5.75 Å². The summed E-state index contributed by atoms with van der Waals surface area (Å²) in [6.45, 7) is 7.08. The summed E-state index contributed by atoms with van der Waals surface area (Å²) in [4.78, 5) is 24.6. The Bertz CT molecular complexity index is 1410. The number of halogens is 3. The zero-order valence-corrected chi connectivity index (χ0v) is 23.5. The third-order valence-corrected chi connectivity index (χ3v) is 8.79. The van der Waals surface area contributed by atoms with Gasteiger partial charge in [0.25, 0.3) is 10.0 Å². The van der Waals surface area contributed by atoms with Crippen molar-refractivity contribution in [1.82, 2.24) is 15.1 Å². The van der Waals surface area contributed by atoms with Crippen LogP contribution in [0.3, 0.4) is 0 Å². The molecule has 1 saturated carbocycles. The largest absolute Gasteiger partial charge is 0.484 e. The molecule has 220 valence electrons. The number of sulfonamides is 1. The SMILES string of the molecule is CCn1cc(S(=O)(=O)N2C[C@H](CNC(=O)[C@@H]3C[C@@H]3C)Oc3ccc(NC(=O)OC(C)(C)C(F)(F)F)cc32)c(C)n1. The van der Waals surface area contributed by atoms with Gasteiger partial charge in [0.15, 0.2) is 0 Å². The molecule has 0 unspecified atom stereocenters. The number of carbonyl (C=O) groups is 2. The molecule has 1 aromatic carbocycles. The first-order valence-corrected chi connectivity index (χ1v) is 14.2. The predicted octanol–water partition coefficient (Wildman–Crippen LogP) is 3.83. The van der Waals surface area contributed by atoms with Gasteiger partial charge in [0, 0.05) is 24.3 Å². The fraction of sp³-hybridized carbons (Fsp3) is 0.560. The molecule has 0 radical (unpaired) electrons. The van der Waals surface area contributed by atoms with Crippen molar-refractivity contribution in [3.05, 3.63) is 30.1 Å². The number of hydrogen-bond donors (Lipinski definition) is 2. The quantitative estimate of drug-likeness (QED) is 0.480. The number of fused-ring (bicyclic) bond motifs is 1. The van der Waals surface area contributed by atoms with Crippen LogP contribution in [0.5, 0.6) is 5.75 Å². The van der Waals surface area contributed by atoms with Crippen LogP contribution in [-0.2, 0) is 26.1 Å². The monoisotopic (exact) mass is 587 g/mol. The highest BCUT2D eigenvalue weighted by Crippen LogP contribution is 2.40. The fourth-order valence-electron chi connectivity index (χ4n) is 4.22. The molecule has 1 fully saturated rings. The van der Waals surface area contributed by atoms with Crippen LogP contribution in [0.4, 0.5) is 29.3 Å². The number of benzene rings is 1. The zero-order chi connectivity index (χ0) is 29.6. The van der Waals surface area contributed by atoms with Crippen LogP contribution >= 0.6 is 0 Å². The molecule has 2 amide bonds. The van der Waals surface area contributed by atoms with E-state index >= 15 is 0 Å². The van der Waals surface area contributed by atoms with Gasteiger partial charge in [-0.3, -0.25) is 19.1 Å². The Labute approximate surface area is 230 Å². The van der Waals surface area contributed by atoms with Crippen LogP contribution in [0.25, 0.3) is 0 Å². The molecule has 1 aliphatic heterocycles. The topological polar surface area (TPSA) is 132 Å². The minimum Gasteiger partial charge on any atom is -0.484 e. The molecule has 11 nitrogen and oxygen atoms in total. The molecule has 1 aliphatic carbocycles. The van der Waals surface area contributed by atoms with Crippen molar-refractivity contribution >= 4 is 33.4 Å². The molecule has 2 aliphatic rings. The molecule has 15 heteroatoms. The van der Waals surface area contributed by atoms with E-state index in [0.717, 1.165) is 10.7 Å². The Kier molecular flexibility index (Phi) is 7.73. The molecule has 3 atom stereocenters. The van der Waals surface area contributed by atoms with Gasteiger partial charge in [-0.1, -0.05) is 6.92 Å². The number of nitrogens with zero attached hydrogens (tertiary/aromatic N) is 3. The molecule has 2 aromatic rings. The summed E-state index contributed by atoms with van der Waals surface area (Å²) < 4.78 is 80.3. The summed E-state index contributed by atoms with van der Waals surface area (Å²) in [5.41, 5.74) is -2.44. The van der Waals surface area contributed by atoms with Crippen molar-refractivity contribution in [1.29, 1.82) is 0 Å². The molecule has 2 heterocycles. The Hall–Kier alpha value is -3.49. The molecular formula is C25H32F3N5O6S. The summed E-state index contributed by atoms with van der Waals surface area (Å²) in [6.07, 6.45) is -4.72. The standard InChI is InChI=1S/C25H32F3N5O6S/c1-6-32-13-21(15(3)31-32)40(36,37)33-12-17(11-29-22(34)18-9-14(18)2)38-20-8-7-16(10-19(20)33)30-23(35)39-24(4,5)25(26,27)28/h7-8,10,13-14,17-18H,6,9,11-12H2,1-5H3,(H,29,34)(H,30,35)/t14-,17-,18+/m0/s1. The Morgan fingerprint density at radius 3 is 2.50 bits per heavy atom. The average molecular weight is 588 g/mol. The van der Waals surface area contributed by atoms with Crippen LogP contribution in [0, 0.1) is 18.8 Å². The Morgan fingerprint density at radius 1 is 1.25 bits per heavy atom. The van der Waals surface area contributed by atoms with Crippen molar-refractivity contribution in [3.63, 3.8) is 0 Å². The maximum absolute atomic E-state index is 13.9. The number of ether oxygens (including phenoxy) is 2. The number of alkyl halides is 3. The lowest BCUT2D eigenvalue weighted by atomic mass is 10.1. The molecule has 4 rings (SSSR count). The van der Waals surface area contributed by atoms with E-state index in [9.17, 15) is 31.2 Å². The minimum absolute atomic E-state index is 0.0130. The maximum Gasteiger partial charge on any atom is 0.427 e. The highest BCUT2D eigenvalue weighted by Gasteiger charge is 2.51. The lowest BCUT2D eigenvalue weighted by Gasteiger charge is -2.35. The van der Waals surface area contributed by atoms with Crippen LogP contribution in [0.1, 0.15) is 39.8 Å². The van der Waals surface area contributed by atoms with Crippen molar-refractivity contribution in [2.24, 2.45) is 11.8 Å². The molecule has 2 N–H and O–H groups in total. The van der Waals surface area contributed by atoms with Crippen molar-refractivity contribution < 1.29 is 40.7 Å². The predicted molar refractivity (Wildman–Crippen MR) is 139 cm³/mol. The van der Waals surface area contributed by atoms with E-state index in [2.05, 4.69) is 20.5 Å². The second-order valence-corrected chi connectivity index (χ2v) is 12.3. The second-order valence-electron chi connectivity index (χ2n) is 10.5. The summed E-state index contributed by atoms with van der Waals surface area (Å²) in [5.74, 6) is 0.233.